The van der Waals surface area contributed by atoms with E-state index in [4.69, 9.17) is 9.47 Å². The van der Waals surface area contributed by atoms with E-state index in [9.17, 15) is 9.18 Å². The Morgan fingerprint density at radius 1 is 1.45 bits per heavy atom. The number of hydrogen-bond acceptors (Lipinski definition) is 4. The van der Waals surface area contributed by atoms with Crippen molar-refractivity contribution in [1.29, 1.82) is 0 Å². The highest BCUT2D eigenvalue weighted by molar-refractivity contribution is 5.97. The van der Waals surface area contributed by atoms with E-state index in [2.05, 4.69) is 17.1 Å². The van der Waals surface area contributed by atoms with Crippen LogP contribution in [0.5, 0.6) is 5.75 Å². The van der Waals surface area contributed by atoms with Gasteiger partial charge in [0.25, 0.3) is 5.91 Å². The molecular weight excluding hydrogens is 287 g/mol. The van der Waals surface area contributed by atoms with E-state index in [0.717, 1.165) is 19.5 Å². The summed E-state index contributed by atoms with van der Waals surface area (Å²) in [5.74, 6) is -0.830. The fourth-order valence-electron chi connectivity index (χ4n) is 3.30. The lowest BCUT2D eigenvalue weighted by Crippen LogP contribution is -2.45. The van der Waals surface area contributed by atoms with Gasteiger partial charge in [-0.15, -0.1) is 0 Å². The van der Waals surface area contributed by atoms with Crippen LogP contribution < -0.4 is 10.1 Å². The number of halogens is 1. The number of hydrogen-bond donors (Lipinski definition) is 1. The van der Waals surface area contributed by atoms with Gasteiger partial charge in [-0.2, -0.15) is 0 Å². The second kappa shape index (κ2) is 6.22. The summed E-state index contributed by atoms with van der Waals surface area (Å²) in [6, 6.07) is 4.78. The molecule has 1 aromatic rings. The van der Waals surface area contributed by atoms with E-state index in [-0.39, 0.29) is 29.4 Å². The van der Waals surface area contributed by atoms with Crippen LogP contribution in [-0.2, 0) is 4.74 Å². The van der Waals surface area contributed by atoms with Crippen molar-refractivity contribution in [2.75, 3.05) is 26.8 Å². The highest BCUT2D eigenvalue weighted by atomic mass is 19.1. The number of amides is 1. The van der Waals surface area contributed by atoms with Gasteiger partial charge in [-0.3, -0.25) is 9.69 Å². The Hall–Kier alpha value is -1.66. The minimum atomic E-state index is -0.527. The molecule has 0 aliphatic carbocycles. The molecular formula is C16H21FN2O3. The zero-order valence-electron chi connectivity index (χ0n) is 12.8. The lowest BCUT2D eigenvalue weighted by atomic mass is 10.1. The van der Waals surface area contributed by atoms with Gasteiger partial charge in [-0.25, -0.2) is 4.39 Å². The van der Waals surface area contributed by atoms with Gasteiger partial charge in [0.1, 0.15) is 0 Å². The van der Waals surface area contributed by atoms with Gasteiger partial charge in [0.05, 0.1) is 25.4 Å². The first-order valence-electron chi connectivity index (χ1n) is 7.57. The number of carbonyl (C=O) groups excluding carboxylic acids is 1. The van der Waals surface area contributed by atoms with Gasteiger partial charge in [-0.1, -0.05) is 6.07 Å². The zero-order chi connectivity index (χ0) is 15.7. The Balaban J connectivity index is 1.67. The van der Waals surface area contributed by atoms with E-state index in [1.807, 2.05) is 0 Å². The van der Waals surface area contributed by atoms with Crippen molar-refractivity contribution in [3.8, 4) is 5.75 Å². The number of methoxy groups -OCH3 is 1. The summed E-state index contributed by atoms with van der Waals surface area (Å²) >= 11 is 0. The van der Waals surface area contributed by atoms with E-state index >= 15 is 0 Å². The maximum absolute atomic E-state index is 13.7. The molecule has 2 aliphatic heterocycles. The SMILES string of the molecule is COc1c(F)cccc1C(=O)N[C@H]1C[C@H]2CO[C@H](C)CN2C1. The third-order valence-corrected chi connectivity index (χ3v) is 4.34. The molecule has 3 atom stereocenters. The fraction of sp³-hybridized carbons (Fsp3) is 0.562. The second-order valence-electron chi connectivity index (χ2n) is 5.98. The molecule has 3 rings (SSSR count). The Morgan fingerprint density at radius 2 is 2.27 bits per heavy atom. The minimum Gasteiger partial charge on any atom is -0.493 e. The molecule has 2 heterocycles. The Morgan fingerprint density at radius 3 is 3.05 bits per heavy atom. The maximum atomic E-state index is 13.7. The van der Waals surface area contributed by atoms with Gasteiger partial charge in [0.15, 0.2) is 11.6 Å². The van der Waals surface area contributed by atoms with Gasteiger partial charge in [-0.05, 0) is 25.5 Å². The van der Waals surface area contributed by atoms with Crippen LogP contribution in [0.25, 0.3) is 0 Å². The first-order valence-corrected chi connectivity index (χ1v) is 7.57. The molecule has 0 saturated carbocycles. The van der Waals surface area contributed by atoms with E-state index < -0.39 is 5.82 Å². The van der Waals surface area contributed by atoms with E-state index in [1.165, 1.54) is 19.2 Å². The largest absolute Gasteiger partial charge is 0.493 e. The topological polar surface area (TPSA) is 50.8 Å². The molecule has 1 N–H and O–H groups in total. The number of ether oxygens (including phenoxy) is 2. The number of nitrogens with zero attached hydrogens (tertiary/aromatic N) is 1. The summed E-state index contributed by atoms with van der Waals surface area (Å²) in [7, 11) is 1.36. The number of fused-ring (bicyclic) bond motifs is 1. The molecule has 0 aromatic heterocycles. The Kier molecular flexibility index (Phi) is 4.31. The third-order valence-electron chi connectivity index (χ3n) is 4.34. The van der Waals surface area contributed by atoms with Crippen molar-refractivity contribution in [3.63, 3.8) is 0 Å². The van der Waals surface area contributed by atoms with Crippen LogP contribution in [0.1, 0.15) is 23.7 Å². The number of nitrogens with one attached hydrogen (secondary N) is 1. The Labute approximate surface area is 129 Å². The summed E-state index contributed by atoms with van der Waals surface area (Å²) in [4.78, 5) is 14.7. The molecule has 0 spiro atoms. The highest BCUT2D eigenvalue weighted by Gasteiger charge is 2.37. The van der Waals surface area contributed by atoms with Crippen LogP contribution in [0.4, 0.5) is 4.39 Å². The number of rotatable bonds is 3. The summed E-state index contributed by atoms with van der Waals surface area (Å²) < 4.78 is 24.3. The molecule has 2 aliphatic rings. The minimum absolute atomic E-state index is 0.00678. The van der Waals surface area contributed by atoms with Crippen LogP contribution >= 0.6 is 0 Å². The van der Waals surface area contributed by atoms with E-state index in [1.54, 1.807) is 6.07 Å². The molecule has 2 saturated heterocycles. The third kappa shape index (κ3) is 2.94. The number of para-hydroxylation sites is 1. The molecule has 2 fully saturated rings. The molecule has 5 nitrogen and oxygen atoms in total. The first kappa shape index (κ1) is 15.2. The lowest BCUT2D eigenvalue weighted by Gasteiger charge is -2.33. The summed E-state index contributed by atoms with van der Waals surface area (Å²) in [6.07, 6.45) is 1.09. The summed E-state index contributed by atoms with van der Waals surface area (Å²) in [5.41, 5.74) is 0.233. The van der Waals surface area contributed by atoms with Crippen LogP contribution in [0.15, 0.2) is 18.2 Å². The zero-order valence-corrected chi connectivity index (χ0v) is 12.8. The van der Waals surface area contributed by atoms with Crippen molar-refractivity contribution < 1.29 is 18.7 Å². The average molecular weight is 308 g/mol. The van der Waals surface area contributed by atoms with Gasteiger partial charge in [0, 0.05) is 25.2 Å². The van der Waals surface area contributed by atoms with Crippen LogP contribution in [0, 0.1) is 5.82 Å². The monoisotopic (exact) mass is 308 g/mol. The first-order chi connectivity index (χ1) is 10.6. The lowest BCUT2D eigenvalue weighted by molar-refractivity contribution is -0.0390. The van der Waals surface area contributed by atoms with Gasteiger partial charge >= 0.3 is 0 Å². The average Bonchev–Trinajstić information content (AvgIpc) is 2.88. The van der Waals surface area contributed by atoms with Crippen molar-refractivity contribution in [2.45, 2.75) is 31.5 Å². The molecule has 0 radical (unpaired) electrons. The second-order valence-corrected chi connectivity index (χ2v) is 5.98. The normalized spacial score (nSPS) is 28.2. The van der Waals surface area contributed by atoms with Crippen molar-refractivity contribution in [1.82, 2.24) is 10.2 Å². The molecule has 0 unspecified atom stereocenters. The molecule has 120 valence electrons. The van der Waals surface area contributed by atoms with Gasteiger partial charge in [0.2, 0.25) is 0 Å². The van der Waals surface area contributed by atoms with Crippen molar-refractivity contribution in [3.05, 3.63) is 29.6 Å². The number of carbonyl (C=O) groups is 1. The van der Waals surface area contributed by atoms with Gasteiger partial charge < -0.3 is 14.8 Å². The number of morpholine rings is 1. The predicted molar refractivity (Wildman–Crippen MR) is 79.6 cm³/mol. The molecule has 6 heteroatoms. The quantitative estimate of drug-likeness (QED) is 0.918. The predicted octanol–water partition coefficient (Wildman–Crippen LogP) is 1.43. The molecule has 22 heavy (non-hydrogen) atoms. The fourth-order valence-corrected chi connectivity index (χ4v) is 3.30. The smallest absolute Gasteiger partial charge is 0.255 e. The van der Waals surface area contributed by atoms with Crippen molar-refractivity contribution >= 4 is 5.91 Å². The standard InChI is InChI=1S/C16H21FN2O3/c1-10-7-19-8-11(6-12(19)9-22-10)18-16(20)13-4-3-5-14(17)15(13)21-2/h3-5,10-12H,6-9H2,1-2H3,(H,18,20)/t10-,11+,12+/m1/s1. The number of benzene rings is 1. The molecule has 1 amide bonds. The van der Waals surface area contributed by atoms with Crippen LogP contribution in [0.3, 0.4) is 0 Å². The van der Waals surface area contributed by atoms with E-state index in [0.29, 0.717) is 12.6 Å². The van der Waals surface area contributed by atoms with Crippen LogP contribution in [-0.4, -0.2) is 55.8 Å². The maximum Gasteiger partial charge on any atom is 0.255 e. The highest BCUT2D eigenvalue weighted by Crippen LogP contribution is 2.25. The molecule has 0 bridgehead atoms. The molecule has 1 aromatic carbocycles. The summed E-state index contributed by atoms with van der Waals surface area (Å²) in [6.45, 7) is 4.46. The Bertz CT molecular complexity index is 566. The summed E-state index contributed by atoms with van der Waals surface area (Å²) in [5, 5.41) is 2.99. The van der Waals surface area contributed by atoms with Crippen molar-refractivity contribution in [2.24, 2.45) is 0 Å². The van der Waals surface area contributed by atoms with Crippen LogP contribution in [0.2, 0.25) is 0 Å².